The zero-order valence-electron chi connectivity index (χ0n) is 2.29. The second kappa shape index (κ2) is 5.43. The molecule has 5 heavy (non-hydrogen) atoms. The third-order valence-electron chi connectivity index (χ3n) is 0. The molecule has 0 aliphatic heterocycles. The fourth-order valence-electron chi connectivity index (χ4n) is 0. The predicted octanol–water partition coefficient (Wildman–Crippen LogP) is -0.319. The van der Waals surface area contributed by atoms with Crippen LogP contribution >= 0.6 is 0 Å². The van der Waals surface area contributed by atoms with E-state index in [2.05, 4.69) is 0 Å². The molecule has 0 atom stereocenters. The largest absolute Gasteiger partial charge is 0.299 e. The Kier molecular flexibility index (Phi) is 10.5. The summed E-state index contributed by atoms with van der Waals surface area (Å²) >= 11 is -2.61. The molecule has 0 saturated carbocycles. The van der Waals surface area contributed by atoms with E-state index in [0.29, 0.717) is 0 Å². The summed E-state index contributed by atoms with van der Waals surface area (Å²) in [4.78, 5) is 0. The van der Waals surface area contributed by atoms with Gasteiger partial charge in [-0.2, -0.15) is 4.21 Å². The Morgan fingerprint density at radius 2 is 1.40 bits per heavy atom. The standard InChI is InChI=1S/H2O3S.Pr/c1-4(2)3;/h(H2,1,2,3);. The minimum atomic E-state index is -2.61. The third kappa shape index (κ3) is 31.2. The van der Waals surface area contributed by atoms with Crippen molar-refractivity contribution in [3.63, 3.8) is 0 Å². The molecule has 0 aromatic carbocycles. The Hall–Kier alpha value is 1.43. The van der Waals surface area contributed by atoms with Crippen molar-refractivity contribution in [1.82, 2.24) is 0 Å². The molecule has 0 bridgehead atoms. The maximum absolute atomic E-state index is 8.67. The van der Waals surface area contributed by atoms with Crippen LogP contribution in [0.25, 0.3) is 0 Å². The fraction of sp³-hybridized carbons (Fsp3) is 0. The summed E-state index contributed by atoms with van der Waals surface area (Å²) in [5.74, 6) is 0. The molecular formula is H2O3PrS. The monoisotopic (exact) mass is 223 g/mol. The molecule has 0 spiro atoms. The molecule has 0 aliphatic carbocycles. The van der Waals surface area contributed by atoms with Gasteiger partial charge in [0.1, 0.15) is 0 Å². The summed E-state index contributed by atoms with van der Waals surface area (Å²) < 4.78 is 22.8. The zero-order valence-corrected chi connectivity index (χ0v) is 6.81. The molecule has 1 radical (unpaired) electrons. The maximum atomic E-state index is 8.67. The van der Waals surface area contributed by atoms with E-state index >= 15 is 0 Å². The number of hydrogen-bond donors (Lipinski definition) is 2. The van der Waals surface area contributed by atoms with Crippen LogP contribution in [-0.2, 0) is 11.4 Å². The molecule has 0 rings (SSSR count). The summed E-state index contributed by atoms with van der Waals surface area (Å²) in [6.07, 6.45) is 0. The van der Waals surface area contributed by atoms with Gasteiger partial charge in [0.05, 0.1) is 0 Å². The van der Waals surface area contributed by atoms with Gasteiger partial charge in [0, 0.05) is 41.3 Å². The smallest absolute Gasteiger partial charge is 0.284 e. The van der Waals surface area contributed by atoms with E-state index in [-0.39, 0.29) is 41.3 Å². The molecule has 0 amide bonds. The molecule has 3 nitrogen and oxygen atoms in total. The molecule has 2 N–H and O–H groups in total. The van der Waals surface area contributed by atoms with E-state index in [9.17, 15) is 0 Å². The van der Waals surface area contributed by atoms with Crippen molar-refractivity contribution >= 4 is 11.4 Å². The van der Waals surface area contributed by atoms with E-state index in [1.807, 2.05) is 0 Å². The molecule has 29 valence electrons. The van der Waals surface area contributed by atoms with Gasteiger partial charge in [-0.15, -0.1) is 0 Å². The van der Waals surface area contributed by atoms with Crippen LogP contribution in [0.5, 0.6) is 0 Å². The molecule has 0 fully saturated rings. The van der Waals surface area contributed by atoms with E-state index in [0.717, 1.165) is 0 Å². The van der Waals surface area contributed by atoms with E-state index in [1.165, 1.54) is 0 Å². The Morgan fingerprint density at radius 1 is 1.40 bits per heavy atom. The van der Waals surface area contributed by atoms with Crippen LogP contribution in [0.4, 0.5) is 0 Å². The van der Waals surface area contributed by atoms with Gasteiger partial charge in [0.25, 0.3) is 11.4 Å². The molecular weight excluding hydrogens is 221 g/mol. The molecule has 0 saturated heterocycles. The van der Waals surface area contributed by atoms with Crippen LogP contribution in [-0.4, -0.2) is 13.3 Å². The summed E-state index contributed by atoms with van der Waals surface area (Å²) in [5.41, 5.74) is 0. The van der Waals surface area contributed by atoms with Crippen LogP contribution in [0.3, 0.4) is 0 Å². The minimum absolute atomic E-state index is 0. The first-order chi connectivity index (χ1) is 1.73. The number of hydrogen-bond acceptors (Lipinski definition) is 1. The summed E-state index contributed by atoms with van der Waals surface area (Å²) in [7, 11) is 0. The first-order valence-corrected chi connectivity index (χ1v) is 1.60. The van der Waals surface area contributed by atoms with Gasteiger partial charge >= 0.3 is 0 Å². The van der Waals surface area contributed by atoms with Gasteiger partial charge < -0.3 is 0 Å². The average molecular weight is 223 g/mol. The molecule has 5 heteroatoms. The Morgan fingerprint density at radius 3 is 1.40 bits per heavy atom. The van der Waals surface area contributed by atoms with Gasteiger partial charge in [-0.25, -0.2) is 0 Å². The number of rotatable bonds is 0. The van der Waals surface area contributed by atoms with Crippen molar-refractivity contribution in [2.24, 2.45) is 0 Å². The average Bonchev–Trinajstić information content (AvgIpc) is 0.811. The van der Waals surface area contributed by atoms with Crippen molar-refractivity contribution in [2.45, 2.75) is 0 Å². The van der Waals surface area contributed by atoms with Gasteiger partial charge in [-0.3, -0.25) is 9.11 Å². The zero-order chi connectivity index (χ0) is 3.58. The predicted molar refractivity (Wildman–Crippen MR) is 13.4 cm³/mol. The molecule has 0 aromatic heterocycles. The van der Waals surface area contributed by atoms with Gasteiger partial charge in [0.15, 0.2) is 0 Å². The van der Waals surface area contributed by atoms with Crippen LogP contribution in [0.1, 0.15) is 0 Å². The van der Waals surface area contributed by atoms with Crippen LogP contribution < -0.4 is 0 Å². The van der Waals surface area contributed by atoms with Gasteiger partial charge in [-0.1, -0.05) is 0 Å². The normalized spacial score (nSPS) is 7.00. The summed E-state index contributed by atoms with van der Waals surface area (Å²) in [5, 5.41) is 0. The maximum Gasteiger partial charge on any atom is 0.299 e. The molecule has 0 unspecified atom stereocenters. The van der Waals surface area contributed by atoms with Crippen molar-refractivity contribution in [1.29, 1.82) is 0 Å². The van der Waals surface area contributed by atoms with Crippen LogP contribution in [0.2, 0.25) is 0 Å². The van der Waals surface area contributed by atoms with Crippen molar-refractivity contribution < 1.29 is 54.6 Å². The van der Waals surface area contributed by atoms with Crippen LogP contribution in [0, 0.1) is 41.3 Å². The SMILES string of the molecule is O=S(O)O.[Pr]. The van der Waals surface area contributed by atoms with E-state index in [1.54, 1.807) is 0 Å². The van der Waals surface area contributed by atoms with Crippen molar-refractivity contribution in [2.75, 3.05) is 0 Å². The topological polar surface area (TPSA) is 57.5 Å². The first kappa shape index (κ1) is 9.66. The van der Waals surface area contributed by atoms with E-state index in [4.69, 9.17) is 13.3 Å². The van der Waals surface area contributed by atoms with Crippen LogP contribution in [0.15, 0.2) is 0 Å². The molecule has 0 aromatic rings. The van der Waals surface area contributed by atoms with Crippen molar-refractivity contribution in [3.8, 4) is 0 Å². The first-order valence-electron chi connectivity index (χ1n) is 0.532. The summed E-state index contributed by atoms with van der Waals surface area (Å²) in [6.45, 7) is 0. The minimum Gasteiger partial charge on any atom is -0.284 e. The van der Waals surface area contributed by atoms with Gasteiger partial charge in [0.2, 0.25) is 0 Å². The quantitative estimate of drug-likeness (QED) is 0.553. The Bertz CT molecular complexity index is 29.9. The second-order valence-electron chi connectivity index (χ2n) is 0.231. The van der Waals surface area contributed by atoms with Crippen molar-refractivity contribution in [3.05, 3.63) is 0 Å². The summed E-state index contributed by atoms with van der Waals surface area (Å²) in [6, 6.07) is 0. The molecule has 0 aliphatic rings. The fourth-order valence-corrected chi connectivity index (χ4v) is 0. The van der Waals surface area contributed by atoms with E-state index < -0.39 is 11.4 Å². The van der Waals surface area contributed by atoms with Gasteiger partial charge in [-0.05, 0) is 0 Å². The Balaban J connectivity index is 0. The third-order valence-corrected chi connectivity index (χ3v) is 0. The second-order valence-corrected chi connectivity index (χ2v) is 0.692. The Labute approximate surface area is 65.2 Å². The molecule has 0 heterocycles.